The predicted molar refractivity (Wildman–Crippen MR) is 88.3 cm³/mol. The number of fused-ring (bicyclic) bond motifs is 1. The van der Waals surface area contributed by atoms with Crippen LogP contribution in [0.3, 0.4) is 0 Å². The van der Waals surface area contributed by atoms with Gasteiger partial charge in [0.15, 0.2) is 5.43 Å². The van der Waals surface area contributed by atoms with Crippen LogP contribution >= 0.6 is 0 Å². The summed E-state index contributed by atoms with van der Waals surface area (Å²) in [6.07, 6.45) is 2.08. The van der Waals surface area contributed by atoms with Crippen LogP contribution in [0.25, 0.3) is 22.3 Å². The van der Waals surface area contributed by atoms with Crippen molar-refractivity contribution in [3.63, 3.8) is 0 Å². The molecule has 3 rings (SSSR count). The largest absolute Gasteiger partial charge is 0.494 e. The van der Waals surface area contributed by atoms with Crippen LogP contribution in [0, 0.1) is 0 Å². The minimum atomic E-state index is -0.0546. The third-order valence-corrected chi connectivity index (χ3v) is 3.52. The molecule has 0 radical (unpaired) electrons. The maximum absolute atomic E-state index is 12.3. The van der Waals surface area contributed by atoms with Crippen LogP contribution in [0.2, 0.25) is 0 Å². The monoisotopic (exact) mass is 294 g/mol. The average molecular weight is 294 g/mol. The van der Waals surface area contributed by atoms with E-state index in [1.54, 1.807) is 12.1 Å². The van der Waals surface area contributed by atoms with Crippen LogP contribution < -0.4 is 10.2 Å². The summed E-state index contributed by atoms with van der Waals surface area (Å²) in [6.45, 7) is 2.78. The molecular formula is C19H18O3. The van der Waals surface area contributed by atoms with Crippen molar-refractivity contribution in [1.29, 1.82) is 0 Å². The zero-order valence-corrected chi connectivity index (χ0v) is 12.5. The highest BCUT2D eigenvalue weighted by molar-refractivity contribution is 5.80. The molecule has 0 N–H and O–H groups in total. The van der Waals surface area contributed by atoms with E-state index in [0.29, 0.717) is 29.1 Å². The van der Waals surface area contributed by atoms with Crippen molar-refractivity contribution in [3.8, 4) is 17.1 Å². The van der Waals surface area contributed by atoms with Gasteiger partial charge in [0.1, 0.15) is 17.1 Å². The SMILES string of the molecule is CCCCOc1ccc2oc(-c3ccccc3)cc(=O)c2c1. The molecule has 0 fully saturated rings. The van der Waals surface area contributed by atoms with Crippen LogP contribution in [0.15, 0.2) is 63.8 Å². The molecule has 0 atom stereocenters. The van der Waals surface area contributed by atoms with Crippen molar-refractivity contribution in [2.24, 2.45) is 0 Å². The number of rotatable bonds is 5. The second-order valence-electron chi connectivity index (χ2n) is 5.20. The molecule has 1 heterocycles. The van der Waals surface area contributed by atoms with Gasteiger partial charge in [0.05, 0.1) is 12.0 Å². The normalized spacial score (nSPS) is 10.8. The summed E-state index contributed by atoms with van der Waals surface area (Å²) < 4.78 is 11.5. The van der Waals surface area contributed by atoms with E-state index in [0.717, 1.165) is 18.4 Å². The molecule has 0 aliphatic rings. The third kappa shape index (κ3) is 3.03. The summed E-state index contributed by atoms with van der Waals surface area (Å²) in [4.78, 5) is 12.3. The first-order valence-electron chi connectivity index (χ1n) is 7.54. The Hall–Kier alpha value is -2.55. The summed E-state index contributed by atoms with van der Waals surface area (Å²) in [5, 5.41) is 0.550. The van der Waals surface area contributed by atoms with E-state index in [1.807, 2.05) is 36.4 Å². The quantitative estimate of drug-likeness (QED) is 0.644. The minimum Gasteiger partial charge on any atom is -0.494 e. The van der Waals surface area contributed by atoms with Gasteiger partial charge >= 0.3 is 0 Å². The van der Waals surface area contributed by atoms with Crippen molar-refractivity contribution in [2.45, 2.75) is 19.8 Å². The van der Waals surface area contributed by atoms with E-state index in [4.69, 9.17) is 9.15 Å². The van der Waals surface area contributed by atoms with E-state index in [2.05, 4.69) is 6.92 Å². The lowest BCUT2D eigenvalue weighted by Crippen LogP contribution is -2.02. The molecule has 3 aromatic rings. The molecule has 0 aliphatic carbocycles. The zero-order valence-electron chi connectivity index (χ0n) is 12.5. The van der Waals surface area contributed by atoms with Crippen LogP contribution in [0.5, 0.6) is 5.75 Å². The van der Waals surface area contributed by atoms with Crippen molar-refractivity contribution in [1.82, 2.24) is 0 Å². The lowest BCUT2D eigenvalue weighted by Gasteiger charge is -2.07. The number of unbranched alkanes of at least 4 members (excludes halogenated alkanes) is 1. The van der Waals surface area contributed by atoms with Crippen LogP contribution in [0.1, 0.15) is 19.8 Å². The predicted octanol–water partition coefficient (Wildman–Crippen LogP) is 4.64. The molecule has 2 aromatic carbocycles. The maximum Gasteiger partial charge on any atom is 0.193 e. The molecule has 0 aliphatic heterocycles. The number of hydrogen-bond acceptors (Lipinski definition) is 3. The van der Waals surface area contributed by atoms with Crippen molar-refractivity contribution >= 4 is 11.0 Å². The molecule has 3 nitrogen and oxygen atoms in total. The van der Waals surface area contributed by atoms with Gasteiger partial charge in [0.2, 0.25) is 0 Å². The van der Waals surface area contributed by atoms with Crippen molar-refractivity contribution in [3.05, 3.63) is 64.8 Å². The van der Waals surface area contributed by atoms with Crippen LogP contribution in [-0.4, -0.2) is 6.61 Å². The first-order chi connectivity index (χ1) is 10.8. The van der Waals surface area contributed by atoms with E-state index in [-0.39, 0.29) is 5.43 Å². The Labute approximate surface area is 129 Å². The number of benzene rings is 2. The molecule has 0 saturated heterocycles. The average Bonchev–Trinajstić information content (AvgIpc) is 2.56. The van der Waals surface area contributed by atoms with E-state index in [9.17, 15) is 4.79 Å². The number of hydrogen-bond donors (Lipinski definition) is 0. The lowest BCUT2D eigenvalue weighted by molar-refractivity contribution is 0.309. The summed E-state index contributed by atoms with van der Waals surface area (Å²) in [6, 6.07) is 16.6. The molecule has 0 saturated carbocycles. The van der Waals surface area contributed by atoms with Gasteiger partial charge in [-0.15, -0.1) is 0 Å². The Morgan fingerprint density at radius 2 is 1.86 bits per heavy atom. The van der Waals surface area contributed by atoms with Gasteiger partial charge < -0.3 is 9.15 Å². The smallest absolute Gasteiger partial charge is 0.193 e. The minimum absolute atomic E-state index is 0.0546. The van der Waals surface area contributed by atoms with E-state index >= 15 is 0 Å². The Kier molecular flexibility index (Phi) is 4.24. The molecule has 3 heteroatoms. The molecule has 112 valence electrons. The molecule has 22 heavy (non-hydrogen) atoms. The van der Waals surface area contributed by atoms with Crippen LogP contribution in [-0.2, 0) is 0 Å². The topological polar surface area (TPSA) is 39.4 Å². The van der Waals surface area contributed by atoms with Gasteiger partial charge in [-0.2, -0.15) is 0 Å². The van der Waals surface area contributed by atoms with Crippen LogP contribution in [0.4, 0.5) is 0 Å². The molecular weight excluding hydrogens is 276 g/mol. The maximum atomic E-state index is 12.3. The molecule has 0 spiro atoms. The van der Waals surface area contributed by atoms with E-state index in [1.165, 1.54) is 6.07 Å². The third-order valence-electron chi connectivity index (χ3n) is 3.52. The molecule has 1 aromatic heterocycles. The van der Waals surface area contributed by atoms with Gasteiger partial charge in [-0.1, -0.05) is 43.7 Å². The Morgan fingerprint density at radius 3 is 2.64 bits per heavy atom. The Balaban J connectivity index is 1.98. The van der Waals surface area contributed by atoms with Gasteiger partial charge in [-0.25, -0.2) is 0 Å². The van der Waals surface area contributed by atoms with Gasteiger partial charge in [0, 0.05) is 11.6 Å². The fourth-order valence-electron chi connectivity index (χ4n) is 2.30. The van der Waals surface area contributed by atoms with Crippen molar-refractivity contribution in [2.75, 3.05) is 6.61 Å². The summed E-state index contributed by atoms with van der Waals surface area (Å²) in [5.41, 5.74) is 1.42. The van der Waals surface area contributed by atoms with Gasteiger partial charge in [-0.05, 0) is 24.6 Å². The molecule has 0 bridgehead atoms. The van der Waals surface area contributed by atoms with Gasteiger partial charge in [-0.3, -0.25) is 4.79 Å². The van der Waals surface area contributed by atoms with Gasteiger partial charge in [0.25, 0.3) is 0 Å². The second-order valence-corrected chi connectivity index (χ2v) is 5.20. The highest BCUT2D eigenvalue weighted by Crippen LogP contribution is 2.24. The first kappa shape index (κ1) is 14.4. The Morgan fingerprint density at radius 1 is 1.05 bits per heavy atom. The standard InChI is InChI=1S/C19H18O3/c1-2-3-11-21-15-9-10-18-16(12-15)17(20)13-19(22-18)14-7-5-4-6-8-14/h4-10,12-13H,2-3,11H2,1H3. The lowest BCUT2D eigenvalue weighted by atomic mass is 10.1. The molecule has 0 amide bonds. The Bertz CT molecular complexity index is 819. The highest BCUT2D eigenvalue weighted by atomic mass is 16.5. The fraction of sp³-hybridized carbons (Fsp3) is 0.211. The fourth-order valence-corrected chi connectivity index (χ4v) is 2.30. The highest BCUT2D eigenvalue weighted by Gasteiger charge is 2.08. The summed E-state index contributed by atoms with van der Waals surface area (Å²) in [7, 11) is 0. The first-order valence-corrected chi connectivity index (χ1v) is 7.54. The number of ether oxygens (including phenoxy) is 1. The molecule has 0 unspecified atom stereocenters. The zero-order chi connectivity index (χ0) is 15.4. The van der Waals surface area contributed by atoms with Crippen molar-refractivity contribution < 1.29 is 9.15 Å². The second kappa shape index (κ2) is 6.48. The summed E-state index contributed by atoms with van der Waals surface area (Å²) >= 11 is 0. The summed E-state index contributed by atoms with van der Waals surface area (Å²) in [5.74, 6) is 1.29. The van der Waals surface area contributed by atoms with E-state index < -0.39 is 0 Å².